The molecule has 164 valence electrons. The Bertz CT molecular complexity index is 1120. The zero-order valence-corrected chi connectivity index (χ0v) is 17.2. The van der Waals surface area contributed by atoms with Gasteiger partial charge >= 0.3 is 0 Å². The van der Waals surface area contributed by atoms with E-state index in [-0.39, 0.29) is 12.1 Å². The number of amides is 2. The van der Waals surface area contributed by atoms with Crippen molar-refractivity contribution in [1.82, 2.24) is 10.6 Å². The van der Waals surface area contributed by atoms with Crippen molar-refractivity contribution in [2.75, 3.05) is 13.2 Å². The quantitative estimate of drug-likeness (QED) is 0.616. The molecule has 1 heterocycles. The molecule has 2 amide bonds. The number of hydrogen-bond donors (Lipinski definition) is 2. The summed E-state index contributed by atoms with van der Waals surface area (Å²) in [6.45, 7) is 0.356. The molecule has 1 aliphatic rings. The Balaban J connectivity index is 1.49. The van der Waals surface area contributed by atoms with Gasteiger partial charge in [0.1, 0.15) is 17.4 Å². The predicted octanol–water partition coefficient (Wildman–Crippen LogP) is 3.93. The second-order valence-electron chi connectivity index (χ2n) is 7.57. The number of hydrogen-bond acceptors (Lipinski definition) is 3. The van der Waals surface area contributed by atoms with E-state index in [9.17, 15) is 18.4 Å². The lowest BCUT2D eigenvalue weighted by Crippen LogP contribution is -2.39. The molecule has 1 unspecified atom stereocenters. The lowest BCUT2D eigenvalue weighted by molar-refractivity contribution is -0.120. The highest BCUT2D eigenvalue weighted by Gasteiger charge is 2.20. The van der Waals surface area contributed by atoms with Gasteiger partial charge in [-0.05, 0) is 53.8 Å². The molecule has 0 aromatic heterocycles. The Morgan fingerprint density at radius 2 is 1.69 bits per heavy atom. The lowest BCUT2D eigenvalue weighted by Gasteiger charge is -2.23. The van der Waals surface area contributed by atoms with Gasteiger partial charge in [-0.25, -0.2) is 8.78 Å². The Labute approximate surface area is 184 Å². The molecule has 32 heavy (non-hydrogen) atoms. The summed E-state index contributed by atoms with van der Waals surface area (Å²) in [4.78, 5) is 24.9. The van der Waals surface area contributed by atoms with Crippen molar-refractivity contribution >= 4 is 11.8 Å². The maximum atomic E-state index is 13.3. The van der Waals surface area contributed by atoms with Crippen LogP contribution in [-0.2, 0) is 11.2 Å². The van der Waals surface area contributed by atoms with Gasteiger partial charge in [-0.3, -0.25) is 9.59 Å². The molecule has 0 radical (unpaired) electrons. The van der Waals surface area contributed by atoms with E-state index in [0.29, 0.717) is 12.7 Å². The second-order valence-corrected chi connectivity index (χ2v) is 7.57. The normalized spacial score (nSPS) is 13.4. The van der Waals surface area contributed by atoms with Crippen LogP contribution < -0.4 is 15.4 Å². The summed E-state index contributed by atoms with van der Waals surface area (Å²) >= 11 is 0. The molecule has 0 aliphatic carbocycles. The maximum Gasteiger partial charge on any atom is 0.251 e. The van der Waals surface area contributed by atoms with Gasteiger partial charge in [0.15, 0.2) is 0 Å². The minimum atomic E-state index is -0.861. The van der Waals surface area contributed by atoms with Gasteiger partial charge in [0.25, 0.3) is 5.91 Å². The van der Waals surface area contributed by atoms with Gasteiger partial charge in [0.2, 0.25) is 5.91 Å². The van der Waals surface area contributed by atoms with E-state index < -0.39 is 29.5 Å². The lowest BCUT2D eigenvalue weighted by atomic mass is 9.95. The van der Waals surface area contributed by atoms with Crippen molar-refractivity contribution in [3.8, 4) is 5.75 Å². The van der Waals surface area contributed by atoms with Crippen molar-refractivity contribution in [1.29, 1.82) is 0 Å². The van der Waals surface area contributed by atoms with Crippen LogP contribution in [0.5, 0.6) is 5.75 Å². The van der Waals surface area contributed by atoms with Crippen LogP contribution in [0.3, 0.4) is 0 Å². The molecule has 0 fully saturated rings. The monoisotopic (exact) mass is 436 g/mol. The highest BCUT2D eigenvalue weighted by molar-refractivity contribution is 5.96. The number of carbonyl (C=O) groups is 2. The molecule has 3 aromatic carbocycles. The van der Waals surface area contributed by atoms with E-state index >= 15 is 0 Å². The smallest absolute Gasteiger partial charge is 0.251 e. The number of nitrogens with one attached hydrogen (secondary N) is 2. The van der Waals surface area contributed by atoms with Gasteiger partial charge in [-0.15, -0.1) is 0 Å². The summed E-state index contributed by atoms with van der Waals surface area (Å²) < 4.78 is 32.4. The van der Waals surface area contributed by atoms with Crippen LogP contribution in [0.4, 0.5) is 8.78 Å². The third-order valence-electron chi connectivity index (χ3n) is 5.24. The molecule has 0 saturated carbocycles. The Hall–Kier alpha value is -3.74. The highest BCUT2D eigenvalue weighted by atomic mass is 19.1. The molecule has 2 N–H and O–H groups in total. The zero-order valence-electron chi connectivity index (χ0n) is 17.2. The van der Waals surface area contributed by atoms with E-state index in [4.69, 9.17) is 4.74 Å². The van der Waals surface area contributed by atoms with Gasteiger partial charge < -0.3 is 15.4 Å². The van der Waals surface area contributed by atoms with Crippen LogP contribution in [0.15, 0.2) is 66.7 Å². The summed E-state index contributed by atoms with van der Waals surface area (Å²) in [5.74, 6) is -2.04. The van der Waals surface area contributed by atoms with E-state index in [0.717, 1.165) is 47.4 Å². The predicted molar refractivity (Wildman–Crippen MR) is 115 cm³/mol. The van der Waals surface area contributed by atoms with Crippen LogP contribution in [0.1, 0.15) is 39.5 Å². The average Bonchev–Trinajstić information content (AvgIpc) is 2.80. The Kier molecular flexibility index (Phi) is 6.44. The molecule has 1 aliphatic heterocycles. The number of aryl methyl sites for hydroxylation is 1. The summed E-state index contributed by atoms with van der Waals surface area (Å²) in [5.41, 5.74) is 2.68. The van der Waals surface area contributed by atoms with Gasteiger partial charge in [-0.1, -0.05) is 36.4 Å². The summed E-state index contributed by atoms with van der Waals surface area (Å²) in [6.07, 6.45) is 1.84. The fourth-order valence-corrected chi connectivity index (χ4v) is 3.72. The minimum absolute atomic E-state index is 0.190. The van der Waals surface area contributed by atoms with Gasteiger partial charge in [-0.2, -0.15) is 0 Å². The third kappa shape index (κ3) is 5.11. The number of carbonyl (C=O) groups excluding carboxylic acids is 2. The van der Waals surface area contributed by atoms with Crippen LogP contribution >= 0.6 is 0 Å². The standard InChI is InChI=1S/C25H22F2N2O3/c26-20-12-19(13-21(27)14-20)25(31)28-15-23(30)29-24(16-5-2-1-3-6-16)18-8-9-22-17(11-18)7-4-10-32-22/h1-3,5-6,8-9,11-14,24H,4,7,10,15H2,(H,28,31)(H,29,30). The molecule has 1 atom stereocenters. The minimum Gasteiger partial charge on any atom is -0.493 e. The zero-order chi connectivity index (χ0) is 22.5. The second kappa shape index (κ2) is 9.60. The van der Waals surface area contributed by atoms with Crippen molar-refractivity contribution in [2.45, 2.75) is 18.9 Å². The van der Waals surface area contributed by atoms with Crippen molar-refractivity contribution in [3.05, 3.63) is 101 Å². The molecule has 5 nitrogen and oxygen atoms in total. The number of fused-ring (bicyclic) bond motifs is 1. The fraction of sp³-hybridized carbons (Fsp3) is 0.200. The highest BCUT2D eigenvalue weighted by Crippen LogP contribution is 2.30. The van der Waals surface area contributed by atoms with Gasteiger partial charge in [0.05, 0.1) is 19.2 Å². The fourth-order valence-electron chi connectivity index (χ4n) is 3.72. The van der Waals surface area contributed by atoms with E-state index in [1.807, 2.05) is 48.5 Å². The molecule has 3 aromatic rings. The average molecular weight is 436 g/mol. The molecule has 0 bridgehead atoms. The van der Waals surface area contributed by atoms with Crippen molar-refractivity contribution in [2.24, 2.45) is 0 Å². The third-order valence-corrected chi connectivity index (χ3v) is 5.24. The van der Waals surface area contributed by atoms with Crippen LogP contribution in [0.25, 0.3) is 0 Å². The molecule has 7 heteroatoms. The van der Waals surface area contributed by atoms with Crippen molar-refractivity contribution < 1.29 is 23.1 Å². The first-order valence-electron chi connectivity index (χ1n) is 10.3. The largest absolute Gasteiger partial charge is 0.493 e. The van der Waals surface area contributed by atoms with Gasteiger partial charge in [0, 0.05) is 11.6 Å². The summed E-state index contributed by atoms with van der Waals surface area (Å²) in [7, 11) is 0. The number of rotatable bonds is 6. The molecule has 0 spiro atoms. The topological polar surface area (TPSA) is 67.4 Å². The van der Waals surface area contributed by atoms with Crippen molar-refractivity contribution in [3.63, 3.8) is 0 Å². The van der Waals surface area contributed by atoms with E-state index in [2.05, 4.69) is 10.6 Å². The maximum absolute atomic E-state index is 13.3. The van der Waals surface area contributed by atoms with Crippen LogP contribution in [-0.4, -0.2) is 25.0 Å². The molecular weight excluding hydrogens is 414 g/mol. The first kappa shape index (κ1) is 21.5. The summed E-state index contributed by atoms with van der Waals surface area (Å²) in [5, 5.41) is 5.35. The number of halogens is 2. The Morgan fingerprint density at radius 1 is 0.938 bits per heavy atom. The SMILES string of the molecule is O=C(CNC(=O)c1cc(F)cc(F)c1)NC(c1ccccc1)c1ccc2c(c1)CCCO2. The number of benzene rings is 3. The molecular formula is C25H22F2N2O3. The van der Waals surface area contributed by atoms with E-state index in [1.54, 1.807) is 0 Å². The molecule has 4 rings (SSSR count). The van der Waals surface area contributed by atoms with E-state index in [1.165, 1.54) is 0 Å². The molecule has 0 saturated heterocycles. The summed E-state index contributed by atoms with van der Waals surface area (Å²) in [6, 6.07) is 17.4. The number of ether oxygens (including phenoxy) is 1. The first-order valence-corrected chi connectivity index (χ1v) is 10.3. The first-order chi connectivity index (χ1) is 15.5. The Morgan fingerprint density at radius 3 is 2.44 bits per heavy atom. The van der Waals surface area contributed by atoms with Crippen LogP contribution in [0.2, 0.25) is 0 Å². The van der Waals surface area contributed by atoms with Crippen LogP contribution in [0, 0.1) is 11.6 Å².